The van der Waals surface area contributed by atoms with Gasteiger partial charge in [-0.1, -0.05) is 24.3 Å². The van der Waals surface area contributed by atoms with Gasteiger partial charge in [-0.3, -0.25) is 9.89 Å². The number of guanidine groups is 1. The molecule has 0 radical (unpaired) electrons. The number of aliphatic imine (C=N–C) groups is 1. The Hall–Kier alpha value is -1.59. The highest BCUT2D eigenvalue weighted by molar-refractivity contribution is 14.0. The number of carbonyl (C=O) groups is 1. The van der Waals surface area contributed by atoms with Crippen LogP contribution in [0.5, 0.6) is 0 Å². The van der Waals surface area contributed by atoms with Crippen molar-refractivity contribution in [2.45, 2.75) is 45.5 Å². The van der Waals surface area contributed by atoms with Gasteiger partial charge in [-0.05, 0) is 31.9 Å². The minimum Gasteiger partial charge on any atom is -0.444 e. The molecular weight excluding hydrogens is 509 g/mol. The number of likely N-dealkylation sites (tertiary alicyclic amines) is 1. The topological polar surface area (TPSA) is 78.4 Å². The van der Waals surface area contributed by atoms with E-state index in [1.807, 2.05) is 20.8 Å². The third-order valence-electron chi connectivity index (χ3n) is 5.09. The Morgan fingerprint density at radius 1 is 1.16 bits per heavy atom. The predicted octanol–water partition coefficient (Wildman–Crippen LogP) is 2.42. The first kappa shape index (κ1) is 25.7. The number of ether oxygens (including phenoxy) is 2. The van der Waals surface area contributed by atoms with E-state index in [1.165, 1.54) is 11.1 Å². The van der Waals surface area contributed by atoms with Gasteiger partial charge >= 0.3 is 6.09 Å². The molecule has 0 aromatic heterocycles. The molecule has 2 heterocycles. The number of benzene rings is 1. The number of nitrogens with zero attached hydrogens (tertiary/aromatic N) is 3. The summed E-state index contributed by atoms with van der Waals surface area (Å²) in [7, 11) is 1.76. The van der Waals surface area contributed by atoms with Crippen LogP contribution in [0.25, 0.3) is 0 Å². The predicted molar refractivity (Wildman–Crippen MR) is 133 cm³/mol. The maximum Gasteiger partial charge on any atom is 0.410 e. The van der Waals surface area contributed by atoms with Crippen LogP contribution in [0.4, 0.5) is 4.79 Å². The standard InChI is InChI=1S/C22H35N5O3.HI/c1-22(2,3)30-21(28)27-15-19(16-27)25-20(23-4)24-13-17-5-7-18(8-6-17)14-26-9-11-29-12-10-26;/h5-8,19H,9-16H2,1-4H3,(H2,23,24,25);1H. The van der Waals surface area contributed by atoms with E-state index < -0.39 is 5.60 Å². The van der Waals surface area contributed by atoms with Gasteiger partial charge in [0.1, 0.15) is 5.60 Å². The number of amides is 1. The third kappa shape index (κ3) is 8.46. The second-order valence-corrected chi connectivity index (χ2v) is 8.86. The zero-order valence-electron chi connectivity index (χ0n) is 19.0. The Bertz CT molecular complexity index is 724. The Kier molecular flexibility index (Phi) is 9.83. The Morgan fingerprint density at radius 2 is 1.77 bits per heavy atom. The SMILES string of the molecule is CN=C(NCc1ccc(CN2CCOCC2)cc1)NC1CN(C(=O)OC(C)(C)C)C1.I. The van der Waals surface area contributed by atoms with Gasteiger partial charge in [0, 0.05) is 46.3 Å². The highest BCUT2D eigenvalue weighted by Crippen LogP contribution is 2.15. The summed E-state index contributed by atoms with van der Waals surface area (Å²) in [6.45, 7) is 12.2. The molecule has 2 aliphatic heterocycles. The van der Waals surface area contributed by atoms with Crippen LogP contribution in [-0.2, 0) is 22.6 Å². The van der Waals surface area contributed by atoms with Crippen molar-refractivity contribution in [3.8, 4) is 0 Å². The molecule has 2 N–H and O–H groups in total. The second kappa shape index (κ2) is 11.9. The fourth-order valence-electron chi connectivity index (χ4n) is 3.40. The third-order valence-corrected chi connectivity index (χ3v) is 5.09. The summed E-state index contributed by atoms with van der Waals surface area (Å²) in [4.78, 5) is 20.4. The van der Waals surface area contributed by atoms with Crippen molar-refractivity contribution >= 4 is 36.0 Å². The molecule has 0 aliphatic carbocycles. The maximum absolute atomic E-state index is 12.0. The van der Waals surface area contributed by atoms with Gasteiger partial charge in [0.25, 0.3) is 0 Å². The molecule has 2 fully saturated rings. The lowest BCUT2D eigenvalue weighted by molar-refractivity contribution is 0.00701. The minimum absolute atomic E-state index is 0. The fraction of sp³-hybridized carbons (Fsp3) is 0.636. The summed E-state index contributed by atoms with van der Waals surface area (Å²) >= 11 is 0. The van der Waals surface area contributed by atoms with E-state index in [9.17, 15) is 4.79 Å². The van der Waals surface area contributed by atoms with Crippen LogP contribution < -0.4 is 10.6 Å². The van der Waals surface area contributed by atoms with Crippen LogP contribution in [0.15, 0.2) is 29.3 Å². The summed E-state index contributed by atoms with van der Waals surface area (Å²) in [5.41, 5.74) is 2.05. The van der Waals surface area contributed by atoms with E-state index in [0.717, 1.165) is 38.8 Å². The van der Waals surface area contributed by atoms with Crippen molar-refractivity contribution in [2.24, 2.45) is 4.99 Å². The molecule has 174 valence electrons. The molecule has 0 unspecified atom stereocenters. The van der Waals surface area contributed by atoms with Gasteiger partial charge in [-0.2, -0.15) is 0 Å². The summed E-state index contributed by atoms with van der Waals surface area (Å²) in [6, 6.07) is 8.87. The minimum atomic E-state index is -0.467. The molecule has 0 spiro atoms. The smallest absolute Gasteiger partial charge is 0.410 e. The monoisotopic (exact) mass is 545 g/mol. The molecule has 9 heteroatoms. The summed E-state index contributed by atoms with van der Waals surface area (Å²) in [6.07, 6.45) is -0.263. The van der Waals surface area contributed by atoms with Gasteiger partial charge < -0.3 is 25.0 Å². The van der Waals surface area contributed by atoms with Crippen molar-refractivity contribution in [2.75, 3.05) is 46.4 Å². The highest BCUT2D eigenvalue weighted by Gasteiger charge is 2.34. The molecule has 2 saturated heterocycles. The maximum atomic E-state index is 12.0. The molecule has 0 bridgehead atoms. The number of nitrogens with one attached hydrogen (secondary N) is 2. The number of hydrogen-bond donors (Lipinski definition) is 2. The molecule has 8 nitrogen and oxygen atoms in total. The fourth-order valence-corrected chi connectivity index (χ4v) is 3.40. The first-order valence-electron chi connectivity index (χ1n) is 10.7. The van der Waals surface area contributed by atoms with Crippen molar-refractivity contribution in [3.63, 3.8) is 0 Å². The zero-order chi connectivity index (χ0) is 21.6. The van der Waals surface area contributed by atoms with Crippen LogP contribution >= 0.6 is 24.0 Å². The molecular formula is C22H36IN5O3. The molecule has 1 aromatic carbocycles. The van der Waals surface area contributed by atoms with E-state index in [2.05, 4.69) is 44.8 Å². The lowest BCUT2D eigenvalue weighted by Crippen LogP contribution is -2.63. The van der Waals surface area contributed by atoms with Gasteiger partial charge in [-0.25, -0.2) is 4.79 Å². The van der Waals surface area contributed by atoms with Crippen molar-refractivity contribution in [3.05, 3.63) is 35.4 Å². The number of hydrogen-bond acceptors (Lipinski definition) is 5. The summed E-state index contributed by atoms with van der Waals surface area (Å²) < 4.78 is 10.8. The largest absolute Gasteiger partial charge is 0.444 e. The molecule has 0 atom stereocenters. The lowest BCUT2D eigenvalue weighted by Gasteiger charge is -2.40. The van der Waals surface area contributed by atoms with Crippen LogP contribution in [0.2, 0.25) is 0 Å². The molecule has 3 rings (SSSR count). The molecule has 1 amide bonds. The van der Waals surface area contributed by atoms with Crippen molar-refractivity contribution in [1.82, 2.24) is 20.4 Å². The Balaban J connectivity index is 0.00000341. The first-order valence-corrected chi connectivity index (χ1v) is 10.7. The summed E-state index contributed by atoms with van der Waals surface area (Å²) in [5.74, 6) is 0.737. The van der Waals surface area contributed by atoms with Crippen LogP contribution in [0.1, 0.15) is 31.9 Å². The quantitative estimate of drug-likeness (QED) is 0.336. The van der Waals surface area contributed by atoms with E-state index in [0.29, 0.717) is 19.6 Å². The van der Waals surface area contributed by atoms with Crippen molar-refractivity contribution in [1.29, 1.82) is 0 Å². The number of carbonyl (C=O) groups excluding carboxylic acids is 1. The van der Waals surface area contributed by atoms with Gasteiger partial charge in [0.15, 0.2) is 5.96 Å². The number of rotatable bonds is 5. The molecule has 0 saturated carbocycles. The second-order valence-electron chi connectivity index (χ2n) is 8.86. The van der Waals surface area contributed by atoms with Gasteiger partial charge in [0.05, 0.1) is 19.3 Å². The van der Waals surface area contributed by atoms with Crippen LogP contribution in [-0.4, -0.2) is 79.9 Å². The Morgan fingerprint density at radius 3 is 2.35 bits per heavy atom. The van der Waals surface area contributed by atoms with Gasteiger partial charge in [0.2, 0.25) is 0 Å². The van der Waals surface area contributed by atoms with E-state index in [1.54, 1.807) is 11.9 Å². The normalized spacial score (nSPS) is 18.1. The summed E-state index contributed by atoms with van der Waals surface area (Å²) in [5, 5.41) is 6.70. The number of halogens is 1. The van der Waals surface area contributed by atoms with E-state index in [-0.39, 0.29) is 36.1 Å². The van der Waals surface area contributed by atoms with Crippen LogP contribution in [0.3, 0.4) is 0 Å². The molecule has 2 aliphatic rings. The highest BCUT2D eigenvalue weighted by atomic mass is 127. The average molecular weight is 545 g/mol. The molecule has 1 aromatic rings. The Labute approximate surface area is 202 Å². The van der Waals surface area contributed by atoms with E-state index in [4.69, 9.17) is 9.47 Å². The number of morpholine rings is 1. The van der Waals surface area contributed by atoms with Gasteiger partial charge in [-0.15, -0.1) is 24.0 Å². The van der Waals surface area contributed by atoms with Crippen molar-refractivity contribution < 1.29 is 14.3 Å². The first-order chi connectivity index (χ1) is 14.3. The van der Waals surface area contributed by atoms with E-state index >= 15 is 0 Å². The molecule has 31 heavy (non-hydrogen) atoms. The lowest BCUT2D eigenvalue weighted by atomic mass is 10.1. The van der Waals surface area contributed by atoms with Crippen LogP contribution in [0, 0.1) is 0 Å². The average Bonchev–Trinajstić information content (AvgIpc) is 2.67. The zero-order valence-corrected chi connectivity index (χ0v) is 21.3.